The lowest BCUT2D eigenvalue weighted by molar-refractivity contribution is -0.118. The number of esters is 1. The average Bonchev–Trinajstić information content (AvgIpc) is 2.87. The van der Waals surface area contributed by atoms with Crippen molar-refractivity contribution in [3.63, 3.8) is 0 Å². The lowest BCUT2D eigenvalue weighted by Crippen LogP contribution is -2.55. The summed E-state index contributed by atoms with van der Waals surface area (Å²) in [5.74, 6) is 0.295. The number of fused-ring (bicyclic) bond motifs is 4. The van der Waals surface area contributed by atoms with Crippen LogP contribution in [0.1, 0.15) is 41.7 Å². The lowest BCUT2D eigenvalue weighted by Gasteiger charge is -2.43. The molecule has 0 radical (unpaired) electrons. The number of ether oxygens (including phenoxy) is 1. The van der Waals surface area contributed by atoms with Crippen molar-refractivity contribution in [1.82, 2.24) is 14.8 Å². The van der Waals surface area contributed by atoms with E-state index in [2.05, 4.69) is 10.6 Å². The van der Waals surface area contributed by atoms with Crippen LogP contribution in [0.5, 0.6) is 0 Å². The summed E-state index contributed by atoms with van der Waals surface area (Å²) in [6.45, 7) is 3.70. The van der Waals surface area contributed by atoms with Gasteiger partial charge in [0.1, 0.15) is 6.04 Å². The van der Waals surface area contributed by atoms with Crippen LogP contribution < -0.4 is 16.2 Å². The third-order valence-corrected chi connectivity index (χ3v) is 7.30. The van der Waals surface area contributed by atoms with Gasteiger partial charge in [0.2, 0.25) is 5.91 Å². The van der Waals surface area contributed by atoms with E-state index in [-0.39, 0.29) is 35.9 Å². The predicted octanol–water partition coefficient (Wildman–Crippen LogP) is 2.91. The van der Waals surface area contributed by atoms with Gasteiger partial charge in [0.25, 0.3) is 5.56 Å². The fraction of sp³-hybridized carbons (Fsp3) is 0.462. The van der Waals surface area contributed by atoms with Gasteiger partial charge in [-0.2, -0.15) is 11.8 Å². The van der Waals surface area contributed by atoms with Crippen molar-refractivity contribution in [2.24, 2.45) is 5.92 Å². The number of hydrogen-bond acceptors (Lipinski definition) is 6. The highest BCUT2D eigenvalue weighted by atomic mass is 32.2. The number of carbonyl (C=O) groups excluding carboxylic acids is 3. The number of likely N-dealkylation sites (tertiary alicyclic amines) is 1. The zero-order valence-corrected chi connectivity index (χ0v) is 21.4. The number of carbonyl (C=O) groups is 3. The number of amides is 3. The van der Waals surface area contributed by atoms with Gasteiger partial charge >= 0.3 is 12.0 Å². The summed E-state index contributed by atoms with van der Waals surface area (Å²) in [6, 6.07) is 10.8. The number of pyridine rings is 1. The summed E-state index contributed by atoms with van der Waals surface area (Å²) in [5, 5.41) is 5.78. The number of nitrogens with one attached hydrogen (secondary N) is 2. The minimum Gasteiger partial charge on any atom is -0.462 e. The first-order chi connectivity index (χ1) is 17.4. The molecule has 0 saturated carbocycles. The van der Waals surface area contributed by atoms with E-state index < -0.39 is 12.0 Å². The van der Waals surface area contributed by atoms with Crippen molar-refractivity contribution in [2.75, 3.05) is 37.0 Å². The van der Waals surface area contributed by atoms with Crippen LogP contribution in [0, 0.1) is 5.92 Å². The predicted molar refractivity (Wildman–Crippen MR) is 139 cm³/mol. The molecule has 4 rings (SSSR count). The van der Waals surface area contributed by atoms with E-state index in [1.807, 2.05) is 16.9 Å². The maximum atomic E-state index is 13.2. The number of nitrogens with zero attached hydrogens (tertiary/aromatic N) is 2. The van der Waals surface area contributed by atoms with Gasteiger partial charge in [-0.3, -0.25) is 9.59 Å². The molecule has 2 bridgehead atoms. The molecule has 3 amide bonds. The van der Waals surface area contributed by atoms with Crippen molar-refractivity contribution in [2.45, 2.75) is 38.3 Å². The van der Waals surface area contributed by atoms with E-state index in [4.69, 9.17) is 4.74 Å². The first kappa shape index (κ1) is 25.8. The lowest BCUT2D eigenvalue weighted by atomic mass is 9.83. The summed E-state index contributed by atoms with van der Waals surface area (Å²) in [7, 11) is 0. The molecular weight excluding hydrogens is 480 g/mol. The maximum Gasteiger partial charge on any atom is 0.338 e. The van der Waals surface area contributed by atoms with Crippen LogP contribution in [0.2, 0.25) is 0 Å². The molecule has 1 aromatic carbocycles. The number of anilines is 1. The van der Waals surface area contributed by atoms with Gasteiger partial charge in [-0.05, 0) is 68.0 Å². The number of rotatable bonds is 8. The molecule has 2 aliphatic rings. The molecule has 0 spiro atoms. The second kappa shape index (κ2) is 11.6. The first-order valence-corrected chi connectivity index (χ1v) is 13.6. The highest BCUT2D eigenvalue weighted by Crippen LogP contribution is 2.34. The third kappa shape index (κ3) is 5.92. The summed E-state index contributed by atoms with van der Waals surface area (Å²) >= 11 is 1.60. The van der Waals surface area contributed by atoms with Gasteiger partial charge in [-0.15, -0.1) is 0 Å². The number of aromatic nitrogens is 1. The molecule has 2 aromatic rings. The molecule has 0 unspecified atom stereocenters. The van der Waals surface area contributed by atoms with Gasteiger partial charge < -0.3 is 24.8 Å². The monoisotopic (exact) mass is 512 g/mol. The number of urea groups is 1. The molecule has 10 heteroatoms. The molecule has 9 nitrogen and oxygen atoms in total. The minimum atomic E-state index is -0.702. The molecular formula is C26H32N4O5S. The van der Waals surface area contributed by atoms with Crippen molar-refractivity contribution in [1.29, 1.82) is 0 Å². The van der Waals surface area contributed by atoms with Gasteiger partial charge in [0.05, 0.1) is 12.2 Å². The Morgan fingerprint density at radius 2 is 1.89 bits per heavy atom. The molecule has 2 N–H and O–H groups in total. The van der Waals surface area contributed by atoms with E-state index >= 15 is 0 Å². The van der Waals surface area contributed by atoms with Gasteiger partial charge in [0, 0.05) is 43.0 Å². The third-order valence-electron chi connectivity index (χ3n) is 6.66. The van der Waals surface area contributed by atoms with Crippen LogP contribution in [0.15, 0.2) is 47.3 Å². The number of piperidine rings is 1. The van der Waals surface area contributed by atoms with Crippen molar-refractivity contribution in [3.05, 3.63) is 64.1 Å². The summed E-state index contributed by atoms with van der Waals surface area (Å²) < 4.78 is 6.82. The fourth-order valence-corrected chi connectivity index (χ4v) is 5.41. The smallest absolute Gasteiger partial charge is 0.338 e. The molecule has 36 heavy (non-hydrogen) atoms. The normalized spacial score (nSPS) is 19.1. The Morgan fingerprint density at radius 1 is 1.11 bits per heavy atom. The molecule has 3 heterocycles. The van der Waals surface area contributed by atoms with Crippen LogP contribution in [0.4, 0.5) is 10.5 Å². The highest BCUT2D eigenvalue weighted by molar-refractivity contribution is 7.98. The molecule has 1 aromatic heterocycles. The molecule has 1 saturated heterocycles. The Labute approximate surface area is 214 Å². The minimum absolute atomic E-state index is 0.00388. The fourth-order valence-electron chi connectivity index (χ4n) is 4.94. The quantitative estimate of drug-likeness (QED) is 0.527. The van der Waals surface area contributed by atoms with Gasteiger partial charge in [-0.1, -0.05) is 6.07 Å². The van der Waals surface area contributed by atoms with Gasteiger partial charge in [0.15, 0.2) is 0 Å². The SMILES string of the molecule is CCOC(=O)c1ccc(NC(=O)[C@H](CCSC)NC(=O)N2C[C@@H]3C[C@@H](C2)c2cccc(=O)n2C3)cc1. The van der Waals surface area contributed by atoms with E-state index in [1.165, 1.54) is 0 Å². The van der Waals surface area contributed by atoms with Crippen LogP contribution in [0.25, 0.3) is 0 Å². The molecule has 192 valence electrons. The number of benzene rings is 1. The molecule has 1 fully saturated rings. The van der Waals surface area contributed by atoms with Crippen LogP contribution in [0.3, 0.4) is 0 Å². The van der Waals surface area contributed by atoms with Crippen LogP contribution >= 0.6 is 11.8 Å². The maximum absolute atomic E-state index is 13.2. The highest BCUT2D eigenvalue weighted by Gasteiger charge is 2.37. The zero-order valence-electron chi connectivity index (χ0n) is 20.6. The zero-order chi connectivity index (χ0) is 25.7. The summed E-state index contributed by atoms with van der Waals surface area (Å²) in [6.07, 6.45) is 3.39. The van der Waals surface area contributed by atoms with Crippen molar-refractivity contribution >= 4 is 35.4 Å². The van der Waals surface area contributed by atoms with E-state index in [0.29, 0.717) is 43.1 Å². The van der Waals surface area contributed by atoms with E-state index in [1.54, 1.807) is 60.0 Å². The summed E-state index contributed by atoms with van der Waals surface area (Å²) in [4.78, 5) is 52.2. The van der Waals surface area contributed by atoms with Gasteiger partial charge in [-0.25, -0.2) is 9.59 Å². The van der Waals surface area contributed by atoms with E-state index in [9.17, 15) is 19.2 Å². The molecule has 0 aliphatic carbocycles. The molecule has 2 aliphatic heterocycles. The Kier molecular flexibility index (Phi) is 8.35. The second-order valence-electron chi connectivity index (χ2n) is 9.17. The molecule has 3 atom stereocenters. The number of hydrogen-bond donors (Lipinski definition) is 2. The largest absolute Gasteiger partial charge is 0.462 e. The Balaban J connectivity index is 1.40. The Hall–Kier alpha value is -3.27. The van der Waals surface area contributed by atoms with Crippen molar-refractivity contribution < 1.29 is 19.1 Å². The number of thioether (sulfide) groups is 1. The Bertz CT molecular complexity index is 1170. The van der Waals surface area contributed by atoms with E-state index in [0.717, 1.165) is 12.1 Å². The topological polar surface area (TPSA) is 110 Å². The Morgan fingerprint density at radius 3 is 2.61 bits per heavy atom. The van der Waals surface area contributed by atoms with Crippen LogP contribution in [-0.4, -0.2) is 65.1 Å². The summed E-state index contributed by atoms with van der Waals surface area (Å²) in [5.41, 5.74) is 1.91. The average molecular weight is 513 g/mol. The standard InChI is InChI=1S/C26H32N4O5S/c1-3-35-25(33)18-7-9-20(10-8-18)27-24(32)21(11-12-36-2)28-26(34)29-14-17-13-19(16-29)22-5-4-6-23(31)30(22)15-17/h4-10,17,19,21H,3,11-16H2,1-2H3,(H,27,32)(H,28,34)/t17-,19-,21-/m0/s1. The van der Waals surface area contributed by atoms with Crippen molar-refractivity contribution in [3.8, 4) is 0 Å². The second-order valence-corrected chi connectivity index (χ2v) is 10.2. The first-order valence-electron chi connectivity index (χ1n) is 12.2. The van der Waals surface area contributed by atoms with Crippen LogP contribution in [-0.2, 0) is 16.1 Å².